The lowest BCUT2D eigenvalue weighted by Gasteiger charge is -2.17. The number of hydrogen-bond donors (Lipinski definition) is 2. The molecular formula is C15H22ClN3O2. The van der Waals surface area contributed by atoms with Gasteiger partial charge in [-0.1, -0.05) is 43.6 Å². The summed E-state index contributed by atoms with van der Waals surface area (Å²) in [5.41, 5.74) is 0.943. The summed E-state index contributed by atoms with van der Waals surface area (Å²) in [5.74, 6) is -0.000409. The van der Waals surface area contributed by atoms with E-state index in [9.17, 15) is 9.59 Å². The Morgan fingerprint density at radius 3 is 2.57 bits per heavy atom. The lowest BCUT2D eigenvalue weighted by molar-refractivity contribution is -0.120. The highest BCUT2D eigenvalue weighted by Crippen LogP contribution is 2.16. The van der Waals surface area contributed by atoms with Gasteiger partial charge in [0.1, 0.15) is 0 Å². The molecular weight excluding hydrogens is 290 g/mol. The monoisotopic (exact) mass is 311 g/mol. The molecule has 6 heteroatoms. The van der Waals surface area contributed by atoms with Gasteiger partial charge in [0.05, 0.1) is 6.54 Å². The molecule has 0 radical (unpaired) electrons. The van der Waals surface area contributed by atoms with Crippen LogP contribution in [0.5, 0.6) is 0 Å². The number of urea groups is 1. The number of benzene rings is 1. The van der Waals surface area contributed by atoms with E-state index in [1.54, 1.807) is 11.9 Å². The van der Waals surface area contributed by atoms with Crippen molar-refractivity contribution in [2.24, 2.45) is 5.92 Å². The summed E-state index contributed by atoms with van der Waals surface area (Å²) >= 11 is 6.07. The van der Waals surface area contributed by atoms with E-state index in [1.807, 2.05) is 38.1 Å². The van der Waals surface area contributed by atoms with E-state index in [0.29, 0.717) is 24.0 Å². The summed E-state index contributed by atoms with van der Waals surface area (Å²) in [6.45, 7) is 5.18. The second-order valence-electron chi connectivity index (χ2n) is 5.42. The van der Waals surface area contributed by atoms with Crippen LogP contribution in [0.3, 0.4) is 0 Å². The molecule has 1 aromatic carbocycles. The highest BCUT2D eigenvalue weighted by Gasteiger charge is 2.11. The highest BCUT2D eigenvalue weighted by molar-refractivity contribution is 6.31. The van der Waals surface area contributed by atoms with Gasteiger partial charge in [0.25, 0.3) is 0 Å². The molecule has 5 nitrogen and oxygen atoms in total. The Morgan fingerprint density at radius 1 is 1.29 bits per heavy atom. The van der Waals surface area contributed by atoms with Crippen LogP contribution in [-0.2, 0) is 11.3 Å². The SMILES string of the molecule is CC(C)CNC(=O)NC(=O)CN(C)Cc1ccccc1Cl. The molecule has 0 aliphatic heterocycles. The summed E-state index contributed by atoms with van der Waals surface area (Å²) in [5, 5.41) is 5.60. The first kappa shape index (κ1) is 17.5. The topological polar surface area (TPSA) is 61.4 Å². The normalized spacial score (nSPS) is 10.8. The van der Waals surface area contributed by atoms with E-state index in [0.717, 1.165) is 5.56 Å². The third-order valence-electron chi connectivity index (χ3n) is 2.74. The van der Waals surface area contributed by atoms with Gasteiger partial charge in [0.2, 0.25) is 5.91 Å². The van der Waals surface area contributed by atoms with Crippen LogP contribution in [0.2, 0.25) is 5.02 Å². The van der Waals surface area contributed by atoms with Crippen molar-refractivity contribution in [2.75, 3.05) is 20.1 Å². The molecule has 1 rings (SSSR count). The predicted octanol–water partition coefficient (Wildman–Crippen LogP) is 2.25. The fraction of sp³-hybridized carbons (Fsp3) is 0.467. The van der Waals surface area contributed by atoms with Gasteiger partial charge in [-0.3, -0.25) is 15.0 Å². The molecule has 0 aromatic heterocycles. The standard InChI is InChI=1S/C15H22ClN3O2/c1-11(2)8-17-15(21)18-14(20)10-19(3)9-12-6-4-5-7-13(12)16/h4-7,11H,8-10H2,1-3H3,(H2,17,18,20,21). The first-order chi connectivity index (χ1) is 9.88. The molecule has 0 atom stereocenters. The number of hydrogen-bond acceptors (Lipinski definition) is 3. The van der Waals surface area contributed by atoms with Gasteiger partial charge in [0.15, 0.2) is 0 Å². The molecule has 1 aromatic rings. The molecule has 0 aliphatic carbocycles. The molecule has 0 heterocycles. The summed E-state index contributed by atoms with van der Waals surface area (Å²) in [6, 6.07) is 7.02. The molecule has 21 heavy (non-hydrogen) atoms. The summed E-state index contributed by atoms with van der Waals surface area (Å²) < 4.78 is 0. The summed E-state index contributed by atoms with van der Waals surface area (Å²) in [7, 11) is 1.80. The van der Waals surface area contributed by atoms with Crippen LogP contribution in [0.15, 0.2) is 24.3 Å². The molecule has 0 saturated heterocycles. The van der Waals surface area contributed by atoms with Crippen LogP contribution >= 0.6 is 11.6 Å². The number of carbonyl (C=O) groups is 2. The fourth-order valence-corrected chi connectivity index (χ4v) is 1.92. The minimum atomic E-state index is -0.458. The Bertz CT molecular complexity index is 492. The van der Waals surface area contributed by atoms with Gasteiger partial charge >= 0.3 is 6.03 Å². The van der Waals surface area contributed by atoms with Crippen LogP contribution in [-0.4, -0.2) is 37.0 Å². The lowest BCUT2D eigenvalue weighted by Crippen LogP contribution is -2.44. The van der Waals surface area contributed by atoms with Crippen molar-refractivity contribution < 1.29 is 9.59 Å². The van der Waals surface area contributed by atoms with Gasteiger partial charge in [-0.2, -0.15) is 0 Å². The van der Waals surface area contributed by atoms with E-state index in [2.05, 4.69) is 10.6 Å². The lowest BCUT2D eigenvalue weighted by atomic mass is 10.2. The van der Waals surface area contributed by atoms with Gasteiger partial charge in [-0.05, 0) is 24.6 Å². The van der Waals surface area contributed by atoms with Crippen LogP contribution in [0.25, 0.3) is 0 Å². The summed E-state index contributed by atoms with van der Waals surface area (Å²) in [6.07, 6.45) is 0. The maximum absolute atomic E-state index is 11.7. The fourth-order valence-electron chi connectivity index (χ4n) is 1.73. The molecule has 0 aliphatic rings. The smallest absolute Gasteiger partial charge is 0.321 e. The van der Waals surface area contributed by atoms with Gasteiger partial charge in [-0.25, -0.2) is 4.79 Å². The van der Waals surface area contributed by atoms with E-state index >= 15 is 0 Å². The number of amides is 3. The molecule has 0 fully saturated rings. The van der Waals surface area contributed by atoms with Crippen molar-refractivity contribution in [1.29, 1.82) is 0 Å². The minimum absolute atomic E-state index is 0.125. The van der Waals surface area contributed by atoms with Crippen LogP contribution in [0.1, 0.15) is 19.4 Å². The zero-order valence-corrected chi connectivity index (χ0v) is 13.4. The second-order valence-corrected chi connectivity index (χ2v) is 5.82. The molecule has 0 saturated carbocycles. The largest absolute Gasteiger partial charge is 0.338 e. The Morgan fingerprint density at radius 2 is 1.95 bits per heavy atom. The van der Waals surface area contributed by atoms with Crippen molar-refractivity contribution in [2.45, 2.75) is 20.4 Å². The molecule has 116 valence electrons. The molecule has 2 N–H and O–H groups in total. The molecule has 0 bridgehead atoms. The van der Waals surface area contributed by atoms with E-state index in [4.69, 9.17) is 11.6 Å². The third kappa shape index (κ3) is 7.11. The Balaban J connectivity index is 2.37. The van der Waals surface area contributed by atoms with Gasteiger partial charge < -0.3 is 5.32 Å². The van der Waals surface area contributed by atoms with Crippen molar-refractivity contribution in [3.8, 4) is 0 Å². The van der Waals surface area contributed by atoms with Crippen molar-refractivity contribution in [3.63, 3.8) is 0 Å². The number of nitrogens with zero attached hydrogens (tertiary/aromatic N) is 1. The van der Waals surface area contributed by atoms with Crippen LogP contribution in [0, 0.1) is 5.92 Å². The first-order valence-corrected chi connectivity index (χ1v) is 7.26. The number of carbonyl (C=O) groups excluding carboxylic acids is 2. The number of nitrogens with one attached hydrogen (secondary N) is 2. The van der Waals surface area contributed by atoms with Crippen LogP contribution in [0.4, 0.5) is 4.79 Å². The van der Waals surface area contributed by atoms with Crippen LogP contribution < -0.4 is 10.6 Å². The predicted molar refractivity (Wildman–Crippen MR) is 84.2 cm³/mol. The number of rotatable bonds is 6. The molecule has 0 unspecified atom stereocenters. The van der Waals surface area contributed by atoms with Gasteiger partial charge in [0, 0.05) is 18.1 Å². The van der Waals surface area contributed by atoms with Crippen molar-refractivity contribution >= 4 is 23.5 Å². The van der Waals surface area contributed by atoms with Crippen molar-refractivity contribution in [1.82, 2.24) is 15.5 Å². The second kappa shape index (κ2) is 8.64. The summed E-state index contributed by atoms with van der Waals surface area (Å²) in [4.78, 5) is 25.0. The van der Waals surface area contributed by atoms with E-state index in [1.165, 1.54) is 0 Å². The van der Waals surface area contributed by atoms with Gasteiger partial charge in [-0.15, -0.1) is 0 Å². The molecule has 0 spiro atoms. The Kier molecular flexibility index (Phi) is 7.19. The third-order valence-corrected chi connectivity index (χ3v) is 3.10. The maximum atomic E-state index is 11.7. The Hall–Kier alpha value is -1.59. The highest BCUT2D eigenvalue weighted by atomic mass is 35.5. The zero-order chi connectivity index (χ0) is 15.8. The maximum Gasteiger partial charge on any atom is 0.321 e. The van der Waals surface area contributed by atoms with E-state index < -0.39 is 6.03 Å². The van der Waals surface area contributed by atoms with E-state index in [-0.39, 0.29) is 12.5 Å². The number of halogens is 1. The number of imide groups is 1. The average molecular weight is 312 g/mol. The Labute approximate surface area is 130 Å². The van der Waals surface area contributed by atoms with Crippen molar-refractivity contribution in [3.05, 3.63) is 34.9 Å². The quantitative estimate of drug-likeness (QED) is 0.847. The number of likely N-dealkylation sites (N-methyl/N-ethyl adjacent to an activating group) is 1. The minimum Gasteiger partial charge on any atom is -0.338 e. The molecule has 3 amide bonds. The average Bonchev–Trinajstić information content (AvgIpc) is 2.38. The zero-order valence-electron chi connectivity index (χ0n) is 12.6. The first-order valence-electron chi connectivity index (χ1n) is 6.88.